The van der Waals surface area contributed by atoms with E-state index in [0.29, 0.717) is 5.75 Å². The molecule has 0 spiro atoms. The molecule has 0 saturated heterocycles. The number of halogens is 1. The number of aliphatic hydroxyl groups excluding tert-OH is 1. The fraction of sp³-hybridized carbons (Fsp3) is 0.312. The fourth-order valence-electron chi connectivity index (χ4n) is 1.93. The van der Waals surface area contributed by atoms with Gasteiger partial charge < -0.3 is 9.84 Å². The first-order valence-corrected chi connectivity index (χ1v) is 6.45. The van der Waals surface area contributed by atoms with E-state index >= 15 is 0 Å². The highest BCUT2D eigenvalue weighted by Gasteiger charge is 2.20. The largest absolute Gasteiger partial charge is 0.436 e. The van der Waals surface area contributed by atoms with E-state index in [1.54, 1.807) is 6.07 Å². The minimum absolute atomic E-state index is 0.117. The van der Waals surface area contributed by atoms with Crippen LogP contribution in [-0.2, 0) is 12.0 Å². The predicted octanol–water partition coefficient (Wildman–Crippen LogP) is 3.80. The van der Waals surface area contributed by atoms with Crippen LogP contribution in [0.15, 0.2) is 36.5 Å². The summed E-state index contributed by atoms with van der Waals surface area (Å²) in [4.78, 5) is 3.90. The molecule has 1 heterocycles. The molecule has 3 nitrogen and oxygen atoms in total. The molecular formula is C16H18FNO2. The average Bonchev–Trinajstić information content (AvgIpc) is 2.40. The van der Waals surface area contributed by atoms with Crippen LogP contribution in [0, 0.1) is 5.82 Å². The van der Waals surface area contributed by atoms with E-state index < -0.39 is 5.82 Å². The van der Waals surface area contributed by atoms with Gasteiger partial charge in [-0.15, -0.1) is 0 Å². The van der Waals surface area contributed by atoms with Crippen molar-refractivity contribution in [3.05, 3.63) is 53.5 Å². The van der Waals surface area contributed by atoms with Crippen LogP contribution in [-0.4, -0.2) is 10.1 Å². The average molecular weight is 275 g/mol. The first-order chi connectivity index (χ1) is 9.43. The summed E-state index contributed by atoms with van der Waals surface area (Å²) in [5.74, 6) is -0.173. The minimum atomic E-state index is -0.626. The van der Waals surface area contributed by atoms with Gasteiger partial charge in [0.1, 0.15) is 5.75 Å². The number of benzene rings is 1. The highest BCUT2D eigenvalue weighted by atomic mass is 19.1. The van der Waals surface area contributed by atoms with E-state index in [0.717, 1.165) is 5.56 Å². The molecule has 1 aromatic heterocycles. The van der Waals surface area contributed by atoms with Crippen molar-refractivity contribution in [1.82, 2.24) is 4.98 Å². The lowest BCUT2D eigenvalue weighted by molar-refractivity contribution is 0.272. The lowest BCUT2D eigenvalue weighted by atomic mass is 9.86. The predicted molar refractivity (Wildman–Crippen MR) is 75.3 cm³/mol. The lowest BCUT2D eigenvalue weighted by Gasteiger charge is -2.22. The highest BCUT2D eigenvalue weighted by Crippen LogP contribution is 2.34. The van der Waals surface area contributed by atoms with Crippen LogP contribution in [0.25, 0.3) is 0 Å². The molecule has 4 heteroatoms. The zero-order valence-corrected chi connectivity index (χ0v) is 11.9. The van der Waals surface area contributed by atoms with Gasteiger partial charge in [0.05, 0.1) is 6.61 Å². The van der Waals surface area contributed by atoms with E-state index in [1.807, 2.05) is 18.2 Å². The Morgan fingerprint density at radius 3 is 2.55 bits per heavy atom. The Balaban J connectivity index is 2.41. The SMILES string of the molecule is CC(C)(C)c1ccccc1Oc1nccc(CO)c1F. The van der Waals surface area contributed by atoms with Crippen molar-refractivity contribution in [3.8, 4) is 11.6 Å². The molecular weight excluding hydrogens is 257 g/mol. The Morgan fingerprint density at radius 2 is 1.90 bits per heavy atom. The molecule has 106 valence electrons. The normalized spacial score (nSPS) is 11.4. The summed E-state index contributed by atoms with van der Waals surface area (Å²) >= 11 is 0. The second kappa shape index (κ2) is 5.59. The van der Waals surface area contributed by atoms with Gasteiger partial charge in [-0.1, -0.05) is 39.0 Å². The Labute approximate surface area is 118 Å². The maximum absolute atomic E-state index is 14.0. The molecule has 2 aromatic rings. The van der Waals surface area contributed by atoms with Gasteiger partial charge >= 0.3 is 0 Å². The first kappa shape index (κ1) is 14.5. The summed E-state index contributed by atoms with van der Waals surface area (Å²) < 4.78 is 19.7. The first-order valence-electron chi connectivity index (χ1n) is 6.45. The third kappa shape index (κ3) is 2.96. The molecule has 2 rings (SSSR count). The summed E-state index contributed by atoms with van der Waals surface area (Å²) in [5.41, 5.74) is 1.01. The molecule has 0 unspecified atom stereocenters. The maximum atomic E-state index is 14.0. The van der Waals surface area contributed by atoms with Gasteiger partial charge in [-0.3, -0.25) is 0 Å². The molecule has 0 aliphatic heterocycles. The zero-order valence-electron chi connectivity index (χ0n) is 11.9. The van der Waals surface area contributed by atoms with Crippen LogP contribution in [0.3, 0.4) is 0 Å². The molecule has 1 aromatic carbocycles. The summed E-state index contributed by atoms with van der Waals surface area (Å²) in [6.45, 7) is 5.79. The summed E-state index contributed by atoms with van der Waals surface area (Å²) in [5, 5.41) is 9.07. The topological polar surface area (TPSA) is 42.4 Å². The number of nitrogens with zero attached hydrogens (tertiary/aromatic N) is 1. The summed E-state index contributed by atoms with van der Waals surface area (Å²) in [7, 11) is 0. The van der Waals surface area contributed by atoms with E-state index in [9.17, 15) is 4.39 Å². The van der Waals surface area contributed by atoms with Gasteiger partial charge in [-0.2, -0.15) is 0 Å². The molecule has 0 saturated carbocycles. The quantitative estimate of drug-likeness (QED) is 0.926. The van der Waals surface area contributed by atoms with Crippen molar-refractivity contribution >= 4 is 0 Å². The smallest absolute Gasteiger partial charge is 0.256 e. The third-order valence-electron chi connectivity index (χ3n) is 3.01. The van der Waals surface area contributed by atoms with E-state index in [-0.39, 0.29) is 23.5 Å². The van der Waals surface area contributed by atoms with Gasteiger partial charge in [0.15, 0.2) is 5.82 Å². The second-order valence-corrected chi connectivity index (χ2v) is 5.60. The highest BCUT2D eigenvalue weighted by molar-refractivity contribution is 5.41. The van der Waals surface area contributed by atoms with E-state index in [4.69, 9.17) is 9.84 Å². The second-order valence-electron chi connectivity index (χ2n) is 5.60. The van der Waals surface area contributed by atoms with Crippen LogP contribution >= 0.6 is 0 Å². The van der Waals surface area contributed by atoms with Crippen LogP contribution in [0.1, 0.15) is 31.9 Å². The van der Waals surface area contributed by atoms with Crippen molar-refractivity contribution in [1.29, 1.82) is 0 Å². The van der Waals surface area contributed by atoms with Crippen LogP contribution in [0.4, 0.5) is 4.39 Å². The number of hydrogen-bond donors (Lipinski definition) is 1. The van der Waals surface area contributed by atoms with Crippen molar-refractivity contribution in [2.45, 2.75) is 32.8 Å². The fourth-order valence-corrected chi connectivity index (χ4v) is 1.93. The van der Waals surface area contributed by atoms with Crippen LogP contribution < -0.4 is 4.74 Å². The molecule has 0 bridgehead atoms. The Bertz CT molecular complexity index is 606. The molecule has 0 aliphatic carbocycles. The van der Waals surface area contributed by atoms with Crippen molar-refractivity contribution in [2.75, 3.05) is 0 Å². The van der Waals surface area contributed by atoms with Gasteiger partial charge in [-0.05, 0) is 17.5 Å². The number of pyridine rings is 1. The van der Waals surface area contributed by atoms with E-state index in [1.165, 1.54) is 12.3 Å². The van der Waals surface area contributed by atoms with E-state index in [2.05, 4.69) is 25.8 Å². The molecule has 20 heavy (non-hydrogen) atoms. The number of hydrogen-bond acceptors (Lipinski definition) is 3. The molecule has 1 N–H and O–H groups in total. The summed E-state index contributed by atoms with van der Waals surface area (Å²) in [6, 6.07) is 8.91. The van der Waals surface area contributed by atoms with Crippen molar-refractivity contribution < 1.29 is 14.2 Å². The zero-order chi connectivity index (χ0) is 14.8. The van der Waals surface area contributed by atoms with Gasteiger partial charge in [0, 0.05) is 17.3 Å². The van der Waals surface area contributed by atoms with Gasteiger partial charge in [0.25, 0.3) is 5.88 Å². The van der Waals surface area contributed by atoms with Crippen molar-refractivity contribution in [3.63, 3.8) is 0 Å². The molecule has 0 atom stereocenters. The Morgan fingerprint density at radius 1 is 1.20 bits per heavy atom. The standard InChI is InChI=1S/C16H18FNO2/c1-16(2,3)12-6-4-5-7-13(12)20-15-14(17)11(10-19)8-9-18-15/h4-9,19H,10H2,1-3H3. The van der Waals surface area contributed by atoms with Crippen LogP contribution in [0.2, 0.25) is 0 Å². The number of aromatic nitrogens is 1. The molecule has 0 radical (unpaired) electrons. The molecule has 0 fully saturated rings. The maximum Gasteiger partial charge on any atom is 0.256 e. The Kier molecular flexibility index (Phi) is 4.04. The minimum Gasteiger partial charge on any atom is -0.436 e. The Hall–Kier alpha value is -1.94. The molecule has 0 aliphatic rings. The number of rotatable bonds is 3. The van der Waals surface area contributed by atoms with Crippen LogP contribution in [0.5, 0.6) is 11.6 Å². The third-order valence-corrected chi connectivity index (χ3v) is 3.01. The number of aliphatic hydroxyl groups is 1. The number of ether oxygens (including phenoxy) is 1. The monoisotopic (exact) mass is 275 g/mol. The van der Waals surface area contributed by atoms with Gasteiger partial charge in [-0.25, -0.2) is 9.37 Å². The lowest BCUT2D eigenvalue weighted by Crippen LogP contribution is -2.12. The molecule has 0 amide bonds. The summed E-state index contributed by atoms with van der Waals surface area (Å²) in [6.07, 6.45) is 1.42. The van der Waals surface area contributed by atoms with Gasteiger partial charge in [0.2, 0.25) is 0 Å². The van der Waals surface area contributed by atoms with Crippen molar-refractivity contribution in [2.24, 2.45) is 0 Å². The number of para-hydroxylation sites is 1.